The number of halogens is 5. The van der Waals surface area contributed by atoms with E-state index < -0.39 is 0 Å². The van der Waals surface area contributed by atoms with E-state index in [4.69, 9.17) is 53.9 Å². The van der Waals surface area contributed by atoms with Crippen molar-refractivity contribution in [3.63, 3.8) is 0 Å². The standard InChI is InChI=1S/C43H68Cl2N2.C5H4ClN.2ClH.Pd/c1-9-19-32(20-10-2)36-27-17-28-37(33(21-11-3)22-12-4)40(36)46-31-47(43(45)42(46)44)41-38(34(23-13-5)24-14-6)29-18-30-39(41)35(25-15-7)26-16-8;6-5-2-1-3-7-4-5;;;/h17-18,27-30,32-35H,9-16,19-26,31H2,1-8H3;1-4H;2*1H;/q;;;;+2/p-2. The molecule has 1 aliphatic rings. The van der Waals surface area contributed by atoms with Crippen LogP contribution in [0.4, 0.5) is 11.4 Å². The minimum absolute atomic E-state index is 0.106. The van der Waals surface area contributed by atoms with E-state index in [1.165, 1.54) is 136 Å². The maximum atomic E-state index is 7.51. The van der Waals surface area contributed by atoms with Crippen molar-refractivity contribution in [2.45, 2.75) is 182 Å². The van der Waals surface area contributed by atoms with E-state index in [1.807, 2.05) is 0 Å². The number of nitrogens with zero attached hydrogens (tertiary/aromatic N) is 3. The molecule has 2 aromatic carbocycles. The molecule has 1 aromatic heterocycles. The molecule has 4 rings (SSSR count). The third kappa shape index (κ3) is 15.8. The van der Waals surface area contributed by atoms with Gasteiger partial charge in [0.1, 0.15) is 17.0 Å². The number of hydrogen-bond donors (Lipinski definition) is 0. The summed E-state index contributed by atoms with van der Waals surface area (Å²) in [5.74, 6) is 2.06. The first-order chi connectivity index (χ1) is 27.7. The molecule has 0 saturated heterocycles. The number of rotatable bonds is 22. The van der Waals surface area contributed by atoms with Crippen molar-refractivity contribution in [2.24, 2.45) is 0 Å². The van der Waals surface area contributed by atoms with Crippen LogP contribution in [0.2, 0.25) is 5.02 Å². The van der Waals surface area contributed by atoms with E-state index >= 15 is 0 Å². The average molecular weight is 975 g/mol. The van der Waals surface area contributed by atoms with Crippen LogP contribution in [0.1, 0.15) is 204 Å². The molecular weight excluding hydrogens is 902 g/mol. The molecule has 9 heteroatoms. The van der Waals surface area contributed by atoms with Crippen LogP contribution in [0, 0.1) is 0 Å². The predicted molar refractivity (Wildman–Crippen MR) is 253 cm³/mol. The van der Waals surface area contributed by atoms with Gasteiger partial charge in [-0.3, -0.25) is 4.98 Å². The fourth-order valence-electron chi connectivity index (χ4n) is 8.88. The first-order valence-corrected chi connectivity index (χ1v) is 27.0. The van der Waals surface area contributed by atoms with Gasteiger partial charge in [0, 0.05) is 12.4 Å². The molecule has 0 N–H and O–H groups in total. The van der Waals surface area contributed by atoms with Crippen molar-refractivity contribution in [1.29, 1.82) is 0 Å². The number of aromatic nitrogens is 1. The Morgan fingerprint density at radius 1 is 0.491 bits per heavy atom. The van der Waals surface area contributed by atoms with Gasteiger partial charge in [-0.2, -0.15) is 0 Å². The van der Waals surface area contributed by atoms with Gasteiger partial charge in [0.2, 0.25) is 0 Å². The van der Waals surface area contributed by atoms with Crippen molar-refractivity contribution in [3.8, 4) is 0 Å². The molecule has 0 radical (unpaired) electrons. The van der Waals surface area contributed by atoms with Crippen LogP contribution in [0.15, 0.2) is 71.2 Å². The van der Waals surface area contributed by atoms with Gasteiger partial charge in [-0.05, 0) is 109 Å². The van der Waals surface area contributed by atoms with E-state index in [9.17, 15) is 0 Å². The Morgan fingerprint density at radius 3 is 0.965 bits per heavy atom. The molecule has 0 spiro atoms. The minimum atomic E-state index is -0.106. The third-order valence-corrected chi connectivity index (χ3v) is 12.2. The topological polar surface area (TPSA) is 19.4 Å². The van der Waals surface area contributed by atoms with Crippen LogP contribution >= 0.6 is 53.9 Å². The van der Waals surface area contributed by atoms with Crippen LogP contribution in [0.5, 0.6) is 0 Å². The second kappa shape index (κ2) is 30.1. The quantitative estimate of drug-likeness (QED) is 0.0739. The Kier molecular flexibility index (Phi) is 27.6. The second-order valence-electron chi connectivity index (χ2n) is 15.5. The van der Waals surface area contributed by atoms with E-state index in [0.29, 0.717) is 45.7 Å². The summed E-state index contributed by atoms with van der Waals surface area (Å²) in [5.41, 5.74) is 8.54. The van der Waals surface area contributed by atoms with E-state index in [0.717, 1.165) is 0 Å². The molecule has 3 aromatic rings. The molecule has 1 aliphatic heterocycles. The van der Waals surface area contributed by atoms with Crippen LogP contribution in [0.25, 0.3) is 0 Å². The van der Waals surface area contributed by atoms with Crippen molar-refractivity contribution < 1.29 is 15.9 Å². The summed E-state index contributed by atoms with van der Waals surface area (Å²) in [7, 11) is 9.63. The van der Waals surface area contributed by atoms with Gasteiger partial charge in [0.25, 0.3) is 0 Å². The van der Waals surface area contributed by atoms with Crippen molar-refractivity contribution in [2.75, 3.05) is 16.5 Å². The van der Waals surface area contributed by atoms with Crippen LogP contribution < -0.4 is 9.80 Å². The van der Waals surface area contributed by atoms with Crippen LogP contribution in [0.3, 0.4) is 0 Å². The van der Waals surface area contributed by atoms with Gasteiger partial charge in [-0.1, -0.05) is 178 Å². The Bertz CT molecular complexity index is 1370. The molecule has 0 fully saturated rings. The van der Waals surface area contributed by atoms with Gasteiger partial charge in [0.05, 0.1) is 16.4 Å². The fourth-order valence-corrected chi connectivity index (χ4v) is 9.49. The van der Waals surface area contributed by atoms with Crippen molar-refractivity contribution in [1.82, 2.24) is 4.98 Å². The zero-order valence-corrected chi connectivity index (χ0v) is 41.5. The van der Waals surface area contributed by atoms with Gasteiger partial charge in [-0.25, -0.2) is 0 Å². The molecule has 0 aliphatic carbocycles. The van der Waals surface area contributed by atoms with Crippen LogP contribution in [-0.2, 0) is 15.9 Å². The monoisotopic (exact) mass is 971 g/mol. The molecule has 0 saturated carbocycles. The van der Waals surface area contributed by atoms with E-state index in [1.54, 1.807) is 24.5 Å². The maximum absolute atomic E-state index is 7.51. The Morgan fingerprint density at radius 2 is 0.772 bits per heavy atom. The average Bonchev–Trinajstić information content (AvgIpc) is 3.50. The number of pyridine rings is 1. The number of anilines is 2. The Labute approximate surface area is 380 Å². The molecular formula is C48H72Cl5N3Pd. The predicted octanol–water partition coefficient (Wildman–Crippen LogP) is 18.4. The molecule has 0 atom stereocenters. The fraction of sp³-hybridized carbons (Fsp3) is 0.604. The summed E-state index contributed by atoms with van der Waals surface area (Å²) in [6.07, 6.45) is 22.3. The molecule has 0 amide bonds. The zero-order chi connectivity index (χ0) is 42.2. The van der Waals surface area contributed by atoms with Gasteiger partial charge in [-0.15, -0.1) is 0 Å². The van der Waals surface area contributed by atoms with Crippen molar-refractivity contribution in [3.05, 3.63) is 98.5 Å². The third-order valence-electron chi connectivity index (χ3n) is 11.1. The second-order valence-corrected chi connectivity index (χ2v) is 19.0. The summed E-state index contributed by atoms with van der Waals surface area (Å²) in [5, 5.41) is 2.05. The van der Waals surface area contributed by atoms with E-state index in [2.05, 4.69) is 107 Å². The summed E-state index contributed by atoms with van der Waals surface area (Å²) >= 11 is 20.4. The van der Waals surface area contributed by atoms with Gasteiger partial charge >= 0.3 is 35.0 Å². The number of hydrogen-bond acceptors (Lipinski definition) is 3. The molecule has 324 valence electrons. The van der Waals surface area contributed by atoms with Gasteiger partial charge < -0.3 is 9.80 Å². The SMILES string of the molecule is CCCC(CCC)c1cccc(C(CCC)CCC)c1N1CN(c2c(C(CCC)CCC)cccc2C(CCC)CCC)C(Cl)=C1Cl.Clc1cccnc1.[Cl][Pd][Cl]. The first kappa shape index (κ1) is 52.2. The molecule has 57 heavy (non-hydrogen) atoms. The van der Waals surface area contributed by atoms with Gasteiger partial charge in [0.15, 0.2) is 0 Å². The molecule has 0 unspecified atom stereocenters. The Balaban J connectivity index is 0.000000982. The molecule has 3 nitrogen and oxygen atoms in total. The first-order valence-electron chi connectivity index (χ1n) is 21.9. The molecule has 0 bridgehead atoms. The zero-order valence-electron chi connectivity index (χ0n) is 36.2. The summed E-state index contributed by atoms with van der Waals surface area (Å²) < 4.78 is 0. The van der Waals surface area contributed by atoms with Crippen LogP contribution in [-0.4, -0.2) is 11.7 Å². The van der Waals surface area contributed by atoms with E-state index in [-0.39, 0.29) is 15.9 Å². The summed E-state index contributed by atoms with van der Waals surface area (Å²) in [6, 6.07) is 17.8. The summed E-state index contributed by atoms with van der Waals surface area (Å²) in [4.78, 5) is 8.58. The summed E-state index contributed by atoms with van der Waals surface area (Å²) in [6.45, 7) is 19.3. The number of para-hydroxylation sites is 2. The molecule has 2 heterocycles. The van der Waals surface area contributed by atoms with Crippen molar-refractivity contribution >= 4 is 65.2 Å². The Hall–Kier alpha value is -0.958. The normalized spacial score (nSPS) is 12.9. The number of benzene rings is 2.